The van der Waals surface area contributed by atoms with Crippen molar-refractivity contribution in [1.29, 1.82) is 0 Å². The second-order valence-electron chi connectivity index (χ2n) is 5.15. The van der Waals surface area contributed by atoms with Crippen molar-refractivity contribution in [3.8, 4) is 0 Å². The van der Waals surface area contributed by atoms with E-state index in [2.05, 4.69) is 10.3 Å². The lowest BCUT2D eigenvalue weighted by Gasteiger charge is -2.31. The number of hydrogen-bond donors (Lipinski definition) is 1. The first-order valence-electron chi connectivity index (χ1n) is 6.54. The van der Waals surface area contributed by atoms with Gasteiger partial charge in [-0.2, -0.15) is 26.3 Å². The minimum atomic E-state index is -4.57. The second kappa shape index (κ2) is 5.73. The summed E-state index contributed by atoms with van der Waals surface area (Å²) in [5, 5.41) is 2.68. The van der Waals surface area contributed by atoms with Crippen molar-refractivity contribution >= 4 is 5.82 Å². The van der Waals surface area contributed by atoms with E-state index in [9.17, 15) is 26.3 Å². The van der Waals surface area contributed by atoms with E-state index in [1.54, 1.807) is 0 Å². The number of pyridine rings is 1. The molecule has 1 aliphatic carbocycles. The number of nitrogens with one attached hydrogen (secondary N) is 1. The van der Waals surface area contributed by atoms with E-state index in [1.165, 1.54) is 12.1 Å². The molecule has 1 saturated carbocycles. The Labute approximate surface area is 117 Å². The summed E-state index contributed by atoms with van der Waals surface area (Å²) in [5.74, 6) is -1.45. The number of aromatic nitrogens is 1. The molecule has 0 amide bonds. The zero-order valence-electron chi connectivity index (χ0n) is 10.9. The zero-order valence-corrected chi connectivity index (χ0v) is 10.9. The summed E-state index contributed by atoms with van der Waals surface area (Å²) in [6.07, 6.45) is -8.02. The van der Waals surface area contributed by atoms with Crippen LogP contribution in [0.5, 0.6) is 0 Å². The fraction of sp³-hybridized carbons (Fsp3) is 0.615. The molecular formula is C13H14F6N2. The summed E-state index contributed by atoms with van der Waals surface area (Å²) in [5.41, 5.74) is -1.06. The van der Waals surface area contributed by atoms with E-state index in [0.717, 1.165) is 6.07 Å². The number of alkyl halides is 6. The molecule has 1 aromatic heterocycles. The number of halogens is 6. The van der Waals surface area contributed by atoms with E-state index in [0.29, 0.717) is 12.8 Å². The first kappa shape index (κ1) is 15.9. The van der Waals surface area contributed by atoms with Crippen LogP contribution in [0.15, 0.2) is 18.2 Å². The molecule has 0 spiro atoms. The van der Waals surface area contributed by atoms with Crippen LogP contribution in [0.1, 0.15) is 31.4 Å². The fourth-order valence-corrected chi connectivity index (χ4v) is 2.50. The maximum absolute atomic E-state index is 12.7. The molecule has 0 aromatic carbocycles. The Morgan fingerprint density at radius 3 is 2.38 bits per heavy atom. The third-order valence-corrected chi connectivity index (χ3v) is 3.53. The second-order valence-corrected chi connectivity index (χ2v) is 5.15. The van der Waals surface area contributed by atoms with Crippen molar-refractivity contribution < 1.29 is 26.3 Å². The molecule has 0 radical (unpaired) electrons. The SMILES string of the molecule is FC(F)(F)c1cccc(NC2CCCC(C(F)(F)F)C2)n1. The molecular weight excluding hydrogens is 298 g/mol. The fourth-order valence-electron chi connectivity index (χ4n) is 2.50. The van der Waals surface area contributed by atoms with Gasteiger partial charge in [0.15, 0.2) is 0 Å². The lowest BCUT2D eigenvalue weighted by molar-refractivity contribution is -0.182. The van der Waals surface area contributed by atoms with Gasteiger partial charge in [-0.25, -0.2) is 4.98 Å². The minimum absolute atomic E-state index is 0.0438. The van der Waals surface area contributed by atoms with Crippen LogP contribution in [0.25, 0.3) is 0 Å². The molecule has 2 unspecified atom stereocenters. The third kappa shape index (κ3) is 4.25. The van der Waals surface area contributed by atoms with Crippen LogP contribution >= 0.6 is 0 Å². The van der Waals surface area contributed by atoms with Crippen LogP contribution < -0.4 is 5.32 Å². The predicted octanol–water partition coefficient (Wildman–Crippen LogP) is 4.63. The van der Waals surface area contributed by atoms with Crippen molar-refractivity contribution in [3.63, 3.8) is 0 Å². The van der Waals surface area contributed by atoms with Gasteiger partial charge < -0.3 is 5.32 Å². The monoisotopic (exact) mass is 312 g/mol. The number of nitrogens with zero attached hydrogens (tertiary/aromatic N) is 1. The highest BCUT2D eigenvalue weighted by atomic mass is 19.4. The Bertz CT molecular complexity index is 482. The Morgan fingerprint density at radius 1 is 1.05 bits per heavy atom. The molecule has 1 heterocycles. The first-order valence-corrected chi connectivity index (χ1v) is 6.54. The van der Waals surface area contributed by atoms with E-state index in [-0.39, 0.29) is 18.7 Å². The van der Waals surface area contributed by atoms with Crippen LogP contribution in [-0.4, -0.2) is 17.2 Å². The largest absolute Gasteiger partial charge is 0.433 e. The van der Waals surface area contributed by atoms with Crippen LogP contribution in [0, 0.1) is 5.92 Å². The van der Waals surface area contributed by atoms with E-state index in [4.69, 9.17) is 0 Å². The van der Waals surface area contributed by atoms with Gasteiger partial charge in [-0.05, 0) is 31.4 Å². The van der Waals surface area contributed by atoms with Gasteiger partial charge in [0.1, 0.15) is 11.5 Å². The van der Waals surface area contributed by atoms with Crippen molar-refractivity contribution in [1.82, 2.24) is 4.98 Å². The molecule has 1 aliphatic rings. The number of hydrogen-bond acceptors (Lipinski definition) is 2. The highest BCUT2D eigenvalue weighted by Crippen LogP contribution is 2.38. The molecule has 0 bridgehead atoms. The van der Waals surface area contributed by atoms with Crippen molar-refractivity contribution in [3.05, 3.63) is 23.9 Å². The predicted molar refractivity (Wildman–Crippen MR) is 64.7 cm³/mol. The molecule has 21 heavy (non-hydrogen) atoms. The molecule has 1 fully saturated rings. The van der Waals surface area contributed by atoms with Crippen molar-refractivity contribution in [2.75, 3.05) is 5.32 Å². The normalized spacial score (nSPS) is 23.9. The summed E-state index contributed by atoms with van der Waals surface area (Å²) in [6, 6.07) is 2.82. The number of anilines is 1. The molecule has 1 N–H and O–H groups in total. The van der Waals surface area contributed by atoms with Gasteiger partial charge in [-0.15, -0.1) is 0 Å². The standard InChI is InChI=1S/C13H14F6N2/c14-12(15,16)8-3-1-4-9(7-8)20-11-6-2-5-10(21-11)13(17,18)19/h2,5-6,8-9H,1,3-4,7H2,(H,20,21). The molecule has 2 atom stereocenters. The maximum Gasteiger partial charge on any atom is 0.433 e. The van der Waals surface area contributed by atoms with Crippen LogP contribution in [0.4, 0.5) is 32.2 Å². The molecule has 0 saturated heterocycles. The van der Waals surface area contributed by atoms with Crippen LogP contribution in [0.2, 0.25) is 0 Å². The Hall–Kier alpha value is -1.47. The van der Waals surface area contributed by atoms with Gasteiger partial charge in [-0.3, -0.25) is 0 Å². The molecule has 0 aliphatic heterocycles. The molecule has 2 rings (SSSR count). The highest BCUT2D eigenvalue weighted by Gasteiger charge is 2.42. The third-order valence-electron chi connectivity index (χ3n) is 3.53. The topological polar surface area (TPSA) is 24.9 Å². The quantitative estimate of drug-likeness (QED) is 0.805. The van der Waals surface area contributed by atoms with E-state index < -0.39 is 30.0 Å². The summed E-state index contributed by atoms with van der Waals surface area (Å²) in [4.78, 5) is 3.41. The van der Waals surface area contributed by atoms with Crippen LogP contribution in [0.3, 0.4) is 0 Å². The molecule has 1 aromatic rings. The summed E-state index contributed by atoms with van der Waals surface area (Å²) in [7, 11) is 0. The van der Waals surface area contributed by atoms with Crippen molar-refractivity contribution in [2.45, 2.75) is 44.1 Å². The molecule has 2 nitrogen and oxygen atoms in total. The number of rotatable bonds is 2. The summed E-state index contributed by atoms with van der Waals surface area (Å²) in [6.45, 7) is 0. The lowest BCUT2D eigenvalue weighted by Crippen LogP contribution is -2.34. The zero-order chi connectivity index (χ0) is 15.7. The van der Waals surface area contributed by atoms with Gasteiger partial charge >= 0.3 is 12.4 Å². The smallest absolute Gasteiger partial charge is 0.367 e. The Kier molecular flexibility index (Phi) is 4.34. The summed E-state index contributed by atoms with van der Waals surface area (Å²) >= 11 is 0. The van der Waals surface area contributed by atoms with Crippen molar-refractivity contribution in [2.24, 2.45) is 5.92 Å². The summed E-state index contributed by atoms with van der Waals surface area (Å²) < 4.78 is 75.6. The maximum atomic E-state index is 12.7. The van der Waals surface area contributed by atoms with E-state index >= 15 is 0 Å². The molecule has 8 heteroatoms. The van der Waals surface area contributed by atoms with Gasteiger partial charge in [0.25, 0.3) is 0 Å². The van der Waals surface area contributed by atoms with Gasteiger partial charge in [-0.1, -0.05) is 12.5 Å². The van der Waals surface area contributed by atoms with E-state index in [1.807, 2.05) is 0 Å². The minimum Gasteiger partial charge on any atom is -0.367 e. The average Bonchev–Trinajstić information content (AvgIpc) is 2.37. The van der Waals surface area contributed by atoms with Gasteiger partial charge in [0.2, 0.25) is 0 Å². The lowest BCUT2D eigenvalue weighted by atomic mass is 9.85. The Balaban J connectivity index is 2.05. The molecule has 118 valence electrons. The average molecular weight is 312 g/mol. The van der Waals surface area contributed by atoms with Crippen LogP contribution in [-0.2, 0) is 6.18 Å². The first-order chi connectivity index (χ1) is 9.66. The highest BCUT2D eigenvalue weighted by molar-refractivity contribution is 5.37. The Morgan fingerprint density at radius 2 is 1.76 bits per heavy atom. The van der Waals surface area contributed by atoms with Gasteiger partial charge in [0, 0.05) is 6.04 Å². The van der Waals surface area contributed by atoms with Gasteiger partial charge in [0.05, 0.1) is 5.92 Å².